The Labute approximate surface area is 483 Å². The van der Waals surface area contributed by atoms with Gasteiger partial charge in [-0.3, -0.25) is 25.0 Å². The Hall–Kier alpha value is 0.0451. The molecule has 342 valence electrons. The van der Waals surface area contributed by atoms with E-state index in [1.54, 1.807) is 12.1 Å². The number of hydrogen-bond donors (Lipinski definition) is 2. The van der Waals surface area contributed by atoms with Crippen molar-refractivity contribution in [3.05, 3.63) is 106 Å². The van der Waals surface area contributed by atoms with E-state index >= 15 is 0 Å². The van der Waals surface area contributed by atoms with Crippen LogP contribution < -0.4 is 129 Å². The van der Waals surface area contributed by atoms with Gasteiger partial charge < -0.3 is 54.5 Å². The van der Waals surface area contributed by atoms with Crippen LogP contribution in [0.25, 0.3) is 0 Å². The van der Waals surface area contributed by atoms with Gasteiger partial charge >= 0.3 is 103 Å². The van der Waals surface area contributed by atoms with Gasteiger partial charge in [0.25, 0.3) is 17.8 Å². The second-order valence-corrected chi connectivity index (χ2v) is 13.6. The summed E-state index contributed by atoms with van der Waals surface area (Å²) < 4.78 is 12.1. The molecule has 3 aliphatic rings. The van der Waals surface area contributed by atoms with Gasteiger partial charge in [0, 0.05) is 113 Å². The van der Waals surface area contributed by atoms with E-state index in [1.807, 2.05) is 24.3 Å². The van der Waals surface area contributed by atoms with Crippen LogP contribution in [0.4, 0.5) is 32.8 Å². The predicted octanol–water partition coefficient (Wildman–Crippen LogP) is -1.87. The number of nitrogens with one attached hydrogen (secondary N) is 1. The summed E-state index contributed by atoms with van der Waals surface area (Å²) in [5, 5.41) is 32.3. The zero-order valence-corrected chi connectivity index (χ0v) is 47.7. The maximum Gasteiger partial charge on any atom is 1.00 e. The van der Waals surface area contributed by atoms with Crippen molar-refractivity contribution in [2.45, 2.75) is 37.4 Å². The summed E-state index contributed by atoms with van der Waals surface area (Å²) in [4.78, 5) is 42.4. The van der Waals surface area contributed by atoms with Crippen molar-refractivity contribution in [3.63, 3.8) is 0 Å². The summed E-state index contributed by atoms with van der Waals surface area (Å²) in [6.45, 7) is 6.46. The summed E-state index contributed by atoms with van der Waals surface area (Å²) in [7, 11) is 12.7. The first-order valence-electron chi connectivity index (χ1n) is 17.6. The molecular weight excluding hydrogens is 994 g/mol. The van der Waals surface area contributed by atoms with E-state index in [4.69, 9.17) is 15.8 Å². The molecule has 3 atom stereocenters. The summed E-state index contributed by atoms with van der Waals surface area (Å²) >= 11 is 0. The molecule has 3 aliphatic heterocycles. The molecule has 23 heteroatoms. The van der Waals surface area contributed by atoms with Crippen molar-refractivity contribution < 1.29 is 154 Å². The van der Waals surface area contributed by atoms with Crippen LogP contribution in [0.1, 0.15) is 20.7 Å². The summed E-state index contributed by atoms with van der Waals surface area (Å²) in [6, 6.07) is 21.3. The maximum atomic E-state index is 12.1. The van der Waals surface area contributed by atoms with Crippen LogP contribution in [0.5, 0.6) is 0 Å². The largest absolute Gasteiger partial charge is 1.00 e. The van der Waals surface area contributed by atoms with Crippen molar-refractivity contribution in [1.29, 1.82) is 0 Å². The van der Waals surface area contributed by atoms with Crippen LogP contribution in [-0.2, 0) is 30.1 Å². The number of halogens is 1. The average Bonchev–Trinajstić information content (AvgIpc) is 3.97. The quantitative estimate of drug-likeness (QED) is 0.0486. The number of carbonyl (C=O) groups is 1. The number of nitrogens with zero attached hydrogens (tertiary/aromatic N) is 7. The average molecular weight is 1060 g/mol. The van der Waals surface area contributed by atoms with Gasteiger partial charge in [-0.2, -0.15) is 40.5 Å². The number of nitrogens with two attached hydrogens (primary N) is 1. The molecule has 3 N–H and O–H groups in total. The van der Waals surface area contributed by atoms with Gasteiger partial charge in [0.15, 0.2) is 0 Å². The normalized spacial score (nSPS) is 16.5. The molecular formula is C38H65FK2N9O7PdS3-. The number of likely N-dealkylation sites (N-methyl/N-ethyl adjacent to an activating group) is 3. The van der Waals surface area contributed by atoms with Gasteiger partial charge in [0.1, 0.15) is 5.82 Å². The number of nitro benzene ring substituents is 2. The third kappa shape index (κ3) is 28.6. The summed E-state index contributed by atoms with van der Waals surface area (Å²) in [5.41, 5.74) is 8.92. The van der Waals surface area contributed by atoms with E-state index < -0.39 is 10.7 Å². The minimum atomic E-state index is -0.570. The minimum absolute atomic E-state index is 0. The predicted molar refractivity (Wildman–Crippen MR) is 246 cm³/mol. The van der Waals surface area contributed by atoms with E-state index in [2.05, 4.69) is 89.1 Å². The van der Waals surface area contributed by atoms with Gasteiger partial charge in [-0.25, -0.2) is 4.39 Å². The van der Waals surface area contributed by atoms with Crippen LogP contribution in [-0.4, -0.2) is 131 Å². The number of benzene rings is 3. The van der Waals surface area contributed by atoms with Gasteiger partial charge in [-0.1, -0.05) is 0 Å². The van der Waals surface area contributed by atoms with Crippen molar-refractivity contribution in [2.75, 3.05) is 97.1 Å². The molecule has 61 heavy (non-hydrogen) atoms. The van der Waals surface area contributed by atoms with E-state index in [1.165, 1.54) is 31.6 Å². The smallest absolute Gasteiger partial charge is 1.00 e. The van der Waals surface area contributed by atoms with Crippen LogP contribution in [0.3, 0.4) is 0 Å². The topological polar surface area (TPSA) is 190 Å². The van der Waals surface area contributed by atoms with Gasteiger partial charge in [-0.15, -0.1) is 0 Å². The molecule has 3 aromatic rings. The molecule has 3 saturated heterocycles. The molecule has 0 saturated carbocycles. The monoisotopic (exact) mass is 1060 g/mol. The number of anilines is 3. The second-order valence-electron chi connectivity index (χ2n) is 13.6. The van der Waals surface area contributed by atoms with Crippen molar-refractivity contribution in [3.8, 4) is 0 Å². The van der Waals surface area contributed by atoms with E-state index in [-0.39, 0.29) is 195 Å². The van der Waals surface area contributed by atoms with Crippen molar-refractivity contribution in [2.24, 2.45) is 0 Å². The number of nitro groups is 2. The Kier molecular flexibility index (Phi) is 48.0. The van der Waals surface area contributed by atoms with Crippen LogP contribution in [0.2, 0.25) is 0 Å². The van der Waals surface area contributed by atoms with Gasteiger partial charge in [-0.05, 0) is 117 Å². The molecule has 6 rings (SSSR count). The van der Waals surface area contributed by atoms with Crippen molar-refractivity contribution in [1.82, 2.24) is 20.0 Å². The minimum Gasteiger partial charge on any atom is -1.00 e. The zero-order valence-electron chi connectivity index (χ0n) is 37.9. The third-order valence-corrected chi connectivity index (χ3v) is 9.31. The standard InChI is InChI=1S/C12H17N3O2.C12H19N3.C6H4FNO2.C6H14N2.CH2O3.CH3.2K.Pd.3H2S.H/c1-13(2)12-7-8-14(9-12)10-3-5-11(6-4-10)15(16)17;1-14(2)12-7-8-15(9-12)11-5-3-10(13)4-6-11;7-5-1-3-6(4-2-5)8(9)10;1-8(2)6-3-4-7-5-6;2-1-4-3;;;;;;;;/h3-6,12H,7-9H2,1-2H3;3-6,12H,7-9,13H2,1-2H3;1-4H;6-7H,3-5H2,1-2H3;1,3H;1H3;;;;3*1H2;/q;;;;;-1;2*+1;;;;;-1/p-1/t2*12-;;6-;;;;;;;;;/m00.0........./s1. The van der Waals surface area contributed by atoms with Gasteiger partial charge in [0.05, 0.1) is 9.85 Å². The molecule has 0 unspecified atom stereocenters. The van der Waals surface area contributed by atoms with Crippen LogP contribution >= 0.6 is 40.5 Å². The Morgan fingerprint density at radius 3 is 1.33 bits per heavy atom. The molecule has 3 heterocycles. The second kappa shape index (κ2) is 40.3. The SMILES string of the molecule is CN(C)[C@H]1CCN(c2ccc(N)cc2)C1.CN(C)[C@H]1CCN(c2ccc([N+](=O)[O-])cc2)C1.CN(C)[C@H]1CCNC1.O=CO[O-].O=[N+]([O-])c1ccc(F)cc1.S.S.S.[CH3-].[H-].[K+].[K+].[Pd]. The fourth-order valence-corrected chi connectivity index (χ4v) is 5.91. The molecule has 3 aromatic carbocycles. The molecule has 0 bridgehead atoms. The Bertz CT molecular complexity index is 1570. The molecule has 0 aliphatic carbocycles. The number of rotatable bonds is 8. The number of nitrogen functional groups attached to an aromatic ring is 1. The fraction of sp³-hybridized carbons (Fsp3) is 0.474. The zero-order chi connectivity index (χ0) is 40.2. The number of non-ortho nitro benzene ring substituents is 2. The first kappa shape index (κ1) is 72.6. The molecule has 0 aromatic heterocycles. The molecule has 3 fully saturated rings. The first-order valence-corrected chi connectivity index (χ1v) is 17.6. The Morgan fingerprint density at radius 2 is 1.07 bits per heavy atom. The van der Waals surface area contributed by atoms with Crippen molar-refractivity contribution >= 4 is 75.4 Å². The van der Waals surface area contributed by atoms with E-state index in [9.17, 15) is 24.6 Å². The Morgan fingerprint density at radius 1 is 0.721 bits per heavy atom. The first-order chi connectivity index (χ1) is 25.7. The molecule has 16 nitrogen and oxygen atoms in total. The molecule has 0 amide bonds. The van der Waals surface area contributed by atoms with E-state index in [0.29, 0.717) is 12.1 Å². The number of carbonyl (C=O) groups excluding carboxylic acids is 1. The molecule has 0 radical (unpaired) electrons. The summed E-state index contributed by atoms with van der Waals surface area (Å²) in [5.74, 6) is -0.467. The Balaban J connectivity index is -0.000000125. The number of hydrogen-bond acceptors (Lipinski definition) is 14. The van der Waals surface area contributed by atoms with E-state index in [0.717, 1.165) is 74.3 Å². The molecule has 0 spiro atoms. The third-order valence-electron chi connectivity index (χ3n) is 9.31. The van der Waals surface area contributed by atoms with Gasteiger partial charge in [0.2, 0.25) is 0 Å². The van der Waals surface area contributed by atoms with Crippen LogP contribution in [0.15, 0.2) is 72.8 Å². The maximum absolute atomic E-state index is 12.1. The van der Waals surface area contributed by atoms with Crippen LogP contribution in [0, 0.1) is 33.5 Å². The summed E-state index contributed by atoms with van der Waals surface area (Å²) in [6.07, 6.45) is 3.70. The fourth-order valence-electron chi connectivity index (χ4n) is 5.91.